The molecule has 0 fully saturated rings. The molecular formula is C16H17NO3. The summed E-state index contributed by atoms with van der Waals surface area (Å²) in [5, 5.41) is 12.3. The summed E-state index contributed by atoms with van der Waals surface area (Å²) in [4.78, 5) is 10.9. The Balaban J connectivity index is 2.09. The maximum absolute atomic E-state index is 10.9. The molecule has 0 aliphatic carbocycles. The van der Waals surface area contributed by atoms with Gasteiger partial charge in [-0.3, -0.25) is 0 Å². The van der Waals surface area contributed by atoms with Gasteiger partial charge in [0.15, 0.2) is 0 Å². The Morgan fingerprint density at radius 1 is 1.20 bits per heavy atom. The maximum atomic E-state index is 10.9. The fourth-order valence-electron chi connectivity index (χ4n) is 1.99. The minimum Gasteiger partial charge on any atom is -0.478 e. The molecule has 4 nitrogen and oxygen atoms in total. The number of carboxylic acids is 1. The van der Waals surface area contributed by atoms with E-state index in [-0.39, 0.29) is 0 Å². The quantitative estimate of drug-likeness (QED) is 0.847. The molecule has 0 spiro atoms. The maximum Gasteiger partial charge on any atom is 0.335 e. The van der Waals surface area contributed by atoms with Gasteiger partial charge in [-0.2, -0.15) is 0 Å². The average molecular weight is 271 g/mol. The van der Waals surface area contributed by atoms with Crippen LogP contribution >= 0.6 is 0 Å². The highest BCUT2D eigenvalue weighted by molar-refractivity contribution is 5.87. The normalized spacial score (nSPS) is 10.2. The van der Waals surface area contributed by atoms with Crippen molar-refractivity contribution in [3.63, 3.8) is 0 Å². The third-order valence-electron chi connectivity index (χ3n) is 2.97. The van der Waals surface area contributed by atoms with Crippen molar-refractivity contribution in [3.05, 3.63) is 65.2 Å². The highest BCUT2D eigenvalue weighted by Crippen LogP contribution is 2.17. The van der Waals surface area contributed by atoms with Crippen molar-refractivity contribution in [1.82, 2.24) is 0 Å². The second-order valence-electron chi connectivity index (χ2n) is 4.45. The molecule has 0 saturated carbocycles. The van der Waals surface area contributed by atoms with Crippen molar-refractivity contribution in [2.75, 3.05) is 12.4 Å². The largest absolute Gasteiger partial charge is 0.478 e. The topological polar surface area (TPSA) is 58.6 Å². The van der Waals surface area contributed by atoms with Crippen molar-refractivity contribution >= 4 is 11.7 Å². The first-order valence-electron chi connectivity index (χ1n) is 6.33. The smallest absolute Gasteiger partial charge is 0.335 e. The van der Waals surface area contributed by atoms with Gasteiger partial charge in [-0.1, -0.05) is 30.3 Å². The van der Waals surface area contributed by atoms with Gasteiger partial charge in [0.1, 0.15) is 0 Å². The van der Waals surface area contributed by atoms with Crippen molar-refractivity contribution < 1.29 is 14.6 Å². The Hall–Kier alpha value is -2.33. The van der Waals surface area contributed by atoms with E-state index in [0.717, 1.165) is 16.8 Å². The second-order valence-corrected chi connectivity index (χ2v) is 4.45. The van der Waals surface area contributed by atoms with Crippen LogP contribution in [0.1, 0.15) is 21.5 Å². The molecule has 0 aliphatic heterocycles. The molecular weight excluding hydrogens is 254 g/mol. The van der Waals surface area contributed by atoms with Crippen LogP contribution in [-0.4, -0.2) is 18.2 Å². The fourth-order valence-corrected chi connectivity index (χ4v) is 1.99. The van der Waals surface area contributed by atoms with Crippen LogP contribution in [0.15, 0.2) is 48.5 Å². The number of ether oxygens (including phenoxy) is 1. The molecule has 4 heteroatoms. The lowest BCUT2D eigenvalue weighted by atomic mass is 10.1. The molecule has 0 saturated heterocycles. The number of hydrogen-bond acceptors (Lipinski definition) is 3. The summed E-state index contributed by atoms with van der Waals surface area (Å²) < 4.78 is 5.15. The standard InChI is InChI=1S/C16H17NO3/c1-20-11-14-6-2-3-8-15(14)17-10-12-5-4-7-13(9-12)16(18)19/h2-9,17H,10-11H2,1H3,(H,18,19). The molecule has 2 rings (SSSR count). The number of para-hydroxylation sites is 1. The lowest BCUT2D eigenvalue weighted by Crippen LogP contribution is -2.04. The number of benzene rings is 2. The van der Waals surface area contributed by atoms with E-state index in [1.165, 1.54) is 0 Å². The van der Waals surface area contributed by atoms with E-state index in [0.29, 0.717) is 18.7 Å². The third-order valence-corrected chi connectivity index (χ3v) is 2.97. The number of aromatic carboxylic acids is 1. The Kier molecular flexibility index (Phi) is 4.74. The summed E-state index contributed by atoms with van der Waals surface area (Å²) in [5.74, 6) is -0.911. The van der Waals surface area contributed by atoms with Gasteiger partial charge >= 0.3 is 5.97 Å². The number of methoxy groups -OCH3 is 1. The lowest BCUT2D eigenvalue weighted by Gasteiger charge is -2.11. The predicted molar refractivity (Wildman–Crippen MR) is 77.9 cm³/mol. The van der Waals surface area contributed by atoms with Crippen LogP contribution in [-0.2, 0) is 17.9 Å². The number of carboxylic acid groups (broad SMARTS) is 1. The molecule has 0 radical (unpaired) electrons. The van der Waals surface area contributed by atoms with Gasteiger partial charge in [0.25, 0.3) is 0 Å². The van der Waals surface area contributed by atoms with Crippen molar-refractivity contribution in [3.8, 4) is 0 Å². The summed E-state index contributed by atoms with van der Waals surface area (Å²) >= 11 is 0. The fraction of sp³-hybridized carbons (Fsp3) is 0.188. The van der Waals surface area contributed by atoms with Crippen molar-refractivity contribution in [1.29, 1.82) is 0 Å². The van der Waals surface area contributed by atoms with Crippen LogP contribution < -0.4 is 5.32 Å². The molecule has 0 aromatic heterocycles. The lowest BCUT2D eigenvalue weighted by molar-refractivity contribution is 0.0697. The van der Waals surface area contributed by atoms with E-state index in [9.17, 15) is 4.79 Å². The molecule has 104 valence electrons. The summed E-state index contributed by atoms with van der Waals surface area (Å²) in [6, 6.07) is 14.8. The zero-order valence-corrected chi connectivity index (χ0v) is 11.3. The van der Waals surface area contributed by atoms with Gasteiger partial charge in [0.2, 0.25) is 0 Å². The molecule has 0 heterocycles. The summed E-state index contributed by atoms with van der Waals surface area (Å²) in [6.07, 6.45) is 0. The van der Waals surface area contributed by atoms with Gasteiger partial charge in [0.05, 0.1) is 12.2 Å². The van der Waals surface area contributed by atoms with Crippen LogP contribution in [0, 0.1) is 0 Å². The van der Waals surface area contributed by atoms with Gasteiger partial charge in [-0.25, -0.2) is 4.79 Å². The number of rotatable bonds is 6. The van der Waals surface area contributed by atoms with Crippen LogP contribution in [0.25, 0.3) is 0 Å². The van der Waals surface area contributed by atoms with Gasteiger partial charge in [-0.05, 0) is 23.8 Å². The molecule has 2 aromatic rings. The molecule has 0 aliphatic rings. The molecule has 0 amide bonds. The average Bonchev–Trinajstić information content (AvgIpc) is 2.47. The van der Waals surface area contributed by atoms with E-state index >= 15 is 0 Å². The third kappa shape index (κ3) is 3.59. The van der Waals surface area contributed by atoms with E-state index in [1.54, 1.807) is 25.3 Å². The van der Waals surface area contributed by atoms with Gasteiger partial charge in [0, 0.05) is 24.9 Å². The van der Waals surface area contributed by atoms with Crippen molar-refractivity contribution in [2.45, 2.75) is 13.2 Å². The first-order chi connectivity index (χ1) is 9.70. The van der Waals surface area contributed by atoms with E-state index < -0.39 is 5.97 Å². The molecule has 0 unspecified atom stereocenters. The van der Waals surface area contributed by atoms with Crippen LogP contribution in [0.4, 0.5) is 5.69 Å². The molecule has 0 bridgehead atoms. The van der Waals surface area contributed by atoms with Crippen LogP contribution in [0.2, 0.25) is 0 Å². The van der Waals surface area contributed by atoms with Gasteiger partial charge in [-0.15, -0.1) is 0 Å². The SMILES string of the molecule is COCc1ccccc1NCc1cccc(C(=O)O)c1. The Morgan fingerprint density at radius 2 is 2.00 bits per heavy atom. The number of carbonyl (C=O) groups is 1. The highest BCUT2D eigenvalue weighted by Gasteiger charge is 2.04. The van der Waals surface area contributed by atoms with Crippen LogP contribution in [0.5, 0.6) is 0 Å². The van der Waals surface area contributed by atoms with E-state index in [1.807, 2.05) is 30.3 Å². The highest BCUT2D eigenvalue weighted by atomic mass is 16.5. The Labute approximate surface area is 118 Å². The summed E-state index contributed by atoms with van der Waals surface area (Å²) in [7, 11) is 1.66. The molecule has 0 atom stereocenters. The number of nitrogens with one attached hydrogen (secondary N) is 1. The summed E-state index contributed by atoms with van der Waals surface area (Å²) in [6.45, 7) is 1.11. The monoisotopic (exact) mass is 271 g/mol. The molecule has 2 N–H and O–H groups in total. The Bertz CT molecular complexity index is 596. The minimum absolute atomic E-state index is 0.300. The summed E-state index contributed by atoms with van der Waals surface area (Å²) in [5.41, 5.74) is 3.30. The minimum atomic E-state index is -0.911. The zero-order valence-electron chi connectivity index (χ0n) is 11.3. The van der Waals surface area contributed by atoms with E-state index in [4.69, 9.17) is 9.84 Å². The second kappa shape index (κ2) is 6.73. The predicted octanol–water partition coefficient (Wildman–Crippen LogP) is 3.14. The Morgan fingerprint density at radius 3 is 2.75 bits per heavy atom. The molecule has 2 aromatic carbocycles. The first kappa shape index (κ1) is 14.1. The number of anilines is 1. The van der Waals surface area contributed by atoms with E-state index in [2.05, 4.69) is 5.32 Å². The van der Waals surface area contributed by atoms with Crippen molar-refractivity contribution in [2.24, 2.45) is 0 Å². The number of hydrogen-bond donors (Lipinski definition) is 2. The first-order valence-corrected chi connectivity index (χ1v) is 6.33. The van der Waals surface area contributed by atoms with Gasteiger partial charge < -0.3 is 15.2 Å². The van der Waals surface area contributed by atoms with Crippen LogP contribution in [0.3, 0.4) is 0 Å². The zero-order chi connectivity index (χ0) is 14.4. The molecule has 20 heavy (non-hydrogen) atoms.